The maximum atomic E-state index is 13.6. The van der Waals surface area contributed by atoms with Gasteiger partial charge in [0.1, 0.15) is 11.6 Å². The zero-order valence-electron chi connectivity index (χ0n) is 16.2. The van der Waals surface area contributed by atoms with Crippen LogP contribution in [0.15, 0.2) is 72.9 Å². The molecule has 4 rings (SSSR count). The average Bonchev–Trinajstić information content (AvgIpc) is 3.13. The van der Waals surface area contributed by atoms with E-state index < -0.39 is 0 Å². The minimum absolute atomic E-state index is 0.0160. The zero-order valence-corrected chi connectivity index (χ0v) is 16.2. The topological polar surface area (TPSA) is 28.3 Å². The lowest BCUT2D eigenvalue weighted by Crippen LogP contribution is -2.09. The summed E-state index contributed by atoms with van der Waals surface area (Å²) >= 11 is 0. The van der Waals surface area contributed by atoms with Crippen LogP contribution in [-0.4, -0.2) is 26.2 Å². The first-order valence-corrected chi connectivity index (χ1v) is 9.24. The van der Waals surface area contributed by atoms with Gasteiger partial charge in [-0.2, -0.15) is 0 Å². The van der Waals surface area contributed by atoms with Crippen LogP contribution in [0.1, 0.15) is 22.6 Å². The molecule has 0 saturated heterocycles. The molecule has 0 aliphatic carbocycles. The molecule has 0 spiro atoms. The van der Waals surface area contributed by atoms with Crippen LogP contribution in [0.3, 0.4) is 0 Å². The Morgan fingerprint density at radius 1 is 0.893 bits per heavy atom. The lowest BCUT2D eigenvalue weighted by atomic mass is 9.85. The second-order valence-electron chi connectivity index (χ2n) is 7.13. The van der Waals surface area contributed by atoms with E-state index in [-0.39, 0.29) is 11.7 Å². The molecule has 0 amide bonds. The van der Waals surface area contributed by atoms with Crippen LogP contribution in [0, 0.1) is 5.82 Å². The number of benzene rings is 3. The summed E-state index contributed by atoms with van der Waals surface area (Å²) in [6.07, 6.45) is 2.04. The average molecular weight is 374 g/mol. The highest BCUT2D eigenvalue weighted by Gasteiger charge is 2.21. The van der Waals surface area contributed by atoms with E-state index in [1.54, 1.807) is 7.11 Å². The number of aromatic nitrogens is 1. The van der Waals surface area contributed by atoms with Crippen molar-refractivity contribution in [1.82, 2.24) is 4.98 Å². The minimum Gasteiger partial charge on any atom is -0.497 e. The van der Waals surface area contributed by atoms with Gasteiger partial charge in [0.15, 0.2) is 0 Å². The highest BCUT2D eigenvalue weighted by atomic mass is 19.1. The number of hydrogen-bond acceptors (Lipinski definition) is 2. The Balaban J connectivity index is 1.89. The summed E-state index contributed by atoms with van der Waals surface area (Å²) in [7, 11) is 5.72. The third kappa shape index (κ3) is 3.33. The number of nitrogens with one attached hydrogen (secondary N) is 1. The number of ether oxygens (including phenoxy) is 1. The lowest BCUT2D eigenvalue weighted by molar-refractivity contribution is 0.415. The molecule has 0 aliphatic rings. The van der Waals surface area contributed by atoms with Crippen LogP contribution in [-0.2, 0) is 0 Å². The molecule has 0 bridgehead atoms. The molecule has 4 heteroatoms. The van der Waals surface area contributed by atoms with Gasteiger partial charge >= 0.3 is 0 Å². The van der Waals surface area contributed by atoms with Crippen molar-refractivity contribution in [2.75, 3.05) is 26.1 Å². The molecule has 3 nitrogen and oxygen atoms in total. The molecule has 1 unspecified atom stereocenters. The number of hydrogen-bond donors (Lipinski definition) is 1. The Labute approximate surface area is 164 Å². The van der Waals surface area contributed by atoms with Crippen molar-refractivity contribution < 1.29 is 9.13 Å². The molecule has 1 N–H and O–H groups in total. The van der Waals surface area contributed by atoms with E-state index in [0.717, 1.165) is 39.0 Å². The number of anilines is 1. The first-order chi connectivity index (χ1) is 13.6. The number of H-pyrrole nitrogens is 1. The van der Waals surface area contributed by atoms with Crippen molar-refractivity contribution in [2.45, 2.75) is 5.92 Å². The molecule has 142 valence electrons. The first kappa shape index (κ1) is 18.1. The Morgan fingerprint density at radius 2 is 1.54 bits per heavy atom. The predicted octanol–water partition coefficient (Wildman–Crippen LogP) is 5.56. The van der Waals surface area contributed by atoms with Crippen LogP contribution in [0.5, 0.6) is 5.75 Å². The third-order valence-corrected chi connectivity index (χ3v) is 5.18. The van der Waals surface area contributed by atoms with Crippen molar-refractivity contribution in [3.63, 3.8) is 0 Å². The largest absolute Gasteiger partial charge is 0.497 e. The SMILES string of the molecule is COc1ccc2[nH]cc(C(c3ccc(F)cc3)c3ccc(N(C)C)cc3)c2c1. The number of halogens is 1. The van der Waals surface area contributed by atoms with E-state index in [9.17, 15) is 4.39 Å². The first-order valence-electron chi connectivity index (χ1n) is 9.24. The maximum absolute atomic E-state index is 13.6. The van der Waals surface area contributed by atoms with Gasteiger partial charge in [-0.3, -0.25) is 0 Å². The van der Waals surface area contributed by atoms with E-state index in [2.05, 4.69) is 34.1 Å². The van der Waals surface area contributed by atoms with Crippen molar-refractivity contribution in [1.29, 1.82) is 0 Å². The van der Waals surface area contributed by atoms with Crippen molar-refractivity contribution >= 4 is 16.6 Å². The van der Waals surface area contributed by atoms with Gasteiger partial charge in [0.05, 0.1) is 7.11 Å². The summed E-state index contributed by atoms with van der Waals surface area (Å²) < 4.78 is 19.0. The number of rotatable bonds is 5. The fraction of sp³-hybridized carbons (Fsp3) is 0.167. The van der Waals surface area contributed by atoms with Crippen molar-refractivity contribution in [3.8, 4) is 5.75 Å². The Hall–Kier alpha value is -3.27. The highest BCUT2D eigenvalue weighted by Crippen LogP contribution is 2.37. The fourth-order valence-electron chi connectivity index (χ4n) is 3.66. The minimum atomic E-state index is -0.231. The molecule has 1 atom stereocenters. The predicted molar refractivity (Wildman–Crippen MR) is 113 cm³/mol. The van der Waals surface area contributed by atoms with Gasteiger partial charge in [-0.1, -0.05) is 24.3 Å². The van der Waals surface area contributed by atoms with Crippen LogP contribution < -0.4 is 9.64 Å². The molecule has 0 fully saturated rings. The van der Waals surface area contributed by atoms with Crippen molar-refractivity contribution in [3.05, 3.63) is 95.4 Å². The highest BCUT2D eigenvalue weighted by molar-refractivity contribution is 5.86. The molecule has 28 heavy (non-hydrogen) atoms. The summed E-state index contributed by atoms with van der Waals surface area (Å²) in [5.74, 6) is 0.567. The van der Waals surface area contributed by atoms with E-state index in [0.29, 0.717) is 0 Å². The molecular weight excluding hydrogens is 351 g/mol. The van der Waals surface area contributed by atoms with Gasteiger partial charge in [-0.05, 0) is 59.2 Å². The smallest absolute Gasteiger partial charge is 0.123 e. The lowest BCUT2D eigenvalue weighted by Gasteiger charge is -2.20. The fourth-order valence-corrected chi connectivity index (χ4v) is 3.66. The van der Waals surface area contributed by atoms with Crippen LogP contribution in [0.25, 0.3) is 10.9 Å². The van der Waals surface area contributed by atoms with E-state index in [1.807, 2.05) is 50.6 Å². The maximum Gasteiger partial charge on any atom is 0.123 e. The van der Waals surface area contributed by atoms with E-state index >= 15 is 0 Å². The van der Waals surface area contributed by atoms with Gasteiger partial charge in [-0.25, -0.2) is 4.39 Å². The van der Waals surface area contributed by atoms with Gasteiger partial charge in [-0.15, -0.1) is 0 Å². The molecule has 3 aromatic carbocycles. The van der Waals surface area contributed by atoms with Gasteiger partial charge in [0.25, 0.3) is 0 Å². The molecule has 0 aliphatic heterocycles. The van der Waals surface area contributed by atoms with Crippen LogP contribution in [0.4, 0.5) is 10.1 Å². The molecule has 4 aromatic rings. The van der Waals surface area contributed by atoms with Gasteiger partial charge in [0, 0.05) is 42.8 Å². The van der Waals surface area contributed by atoms with Crippen LogP contribution in [0.2, 0.25) is 0 Å². The summed E-state index contributed by atoms with van der Waals surface area (Å²) in [5.41, 5.74) is 5.52. The second kappa shape index (κ2) is 7.39. The van der Waals surface area contributed by atoms with Gasteiger partial charge < -0.3 is 14.6 Å². The third-order valence-electron chi connectivity index (χ3n) is 5.18. The standard InChI is InChI=1S/C24H23FN2O/c1-27(2)19-10-6-17(7-11-19)24(16-4-8-18(25)9-5-16)22-15-26-23-13-12-20(28-3)14-21(22)23/h4-15,24,26H,1-3H3. The van der Waals surface area contributed by atoms with Crippen LogP contribution >= 0.6 is 0 Å². The summed E-state index contributed by atoms with van der Waals surface area (Å²) in [4.78, 5) is 5.44. The second-order valence-corrected chi connectivity index (χ2v) is 7.13. The summed E-state index contributed by atoms with van der Waals surface area (Å²) in [6.45, 7) is 0. The normalized spacial score (nSPS) is 12.1. The molecule has 0 radical (unpaired) electrons. The Morgan fingerprint density at radius 3 is 2.14 bits per heavy atom. The van der Waals surface area contributed by atoms with Gasteiger partial charge in [0.2, 0.25) is 0 Å². The molecule has 1 heterocycles. The number of methoxy groups -OCH3 is 1. The molecule has 0 saturated carbocycles. The Kier molecular flexibility index (Phi) is 4.78. The zero-order chi connectivity index (χ0) is 19.7. The summed E-state index contributed by atoms with van der Waals surface area (Å²) in [6, 6.07) is 21.3. The number of nitrogens with zero attached hydrogens (tertiary/aromatic N) is 1. The van der Waals surface area contributed by atoms with Crippen molar-refractivity contribution in [2.24, 2.45) is 0 Å². The summed E-state index contributed by atoms with van der Waals surface area (Å²) in [5, 5.41) is 1.10. The monoisotopic (exact) mass is 374 g/mol. The molecule has 1 aromatic heterocycles. The molecular formula is C24H23FN2O. The number of fused-ring (bicyclic) bond motifs is 1. The van der Waals surface area contributed by atoms with E-state index in [1.165, 1.54) is 12.1 Å². The quantitative estimate of drug-likeness (QED) is 0.495. The number of aromatic amines is 1. The Bertz CT molecular complexity index is 1080. The van der Waals surface area contributed by atoms with E-state index in [4.69, 9.17) is 4.74 Å².